The van der Waals surface area contributed by atoms with E-state index in [0.717, 1.165) is 22.0 Å². The summed E-state index contributed by atoms with van der Waals surface area (Å²) in [4.78, 5) is 4.74. The highest BCUT2D eigenvalue weighted by molar-refractivity contribution is 8.01. The minimum Gasteiger partial charge on any atom is -0.212 e. The Hall–Kier alpha value is -3.49. The standard InChI is InChI=1S/C27H18F3NP/c28-23-18-24-22(26(29)27(23)30)16-17-25(31-24)32(19-10-4-1-5-11-19,20-12-6-2-7-13-20)21-14-8-3-9-15-21/h1-18H/q+1. The minimum atomic E-state index is -2.50. The Kier molecular flexibility index (Phi) is 5.24. The molecule has 0 N–H and O–H groups in total. The van der Waals surface area contributed by atoms with Gasteiger partial charge in [0.25, 0.3) is 0 Å². The third-order valence-electron chi connectivity index (χ3n) is 5.59. The number of aromatic nitrogens is 1. The molecule has 0 aliphatic carbocycles. The molecule has 0 atom stereocenters. The third-order valence-corrected chi connectivity index (χ3v) is 9.74. The van der Waals surface area contributed by atoms with E-state index in [1.807, 2.05) is 54.6 Å². The monoisotopic (exact) mass is 444 g/mol. The van der Waals surface area contributed by atoms with Crippen LogP contribution in [0.1, 0.15) is 0 Å². The van der Waals surface area contributed by atoms with E-state index in [4.69, 9.17) is 4.98 Å². The van der Waals surface area contributed by atoms with Crippen LogP contribution in [0.2, 0.25) is 0 Å². The normalized spacial score (nSPS) is 11.6. The molecule has 0 spiro atoms. The molecule has 4 aromatic carbocycles. The van der Waals surface area contributed by atoms with E-state index in [9.17, 15) is 13.2 Å². The number of halogens is 3. The Morgan fingerprint density at radius 3 is 1.47 bits per heavy atom. The number of benzene rings is 4. The van der Waals surface area contributed by atoms with E-state index in [1.165, 1.54) is 6.07 Å². The number of nitrogens with zero attached hydrogens (tertiary/aromatic N) is 1. The van der Waals surface area contributed by atoms with Gasteiger partial charge in [-0.15, -0.1) is 0 Å². The summed E-state index contributed by atoms with van der Waals surface area (Å²) >= 11 is 0. The fraction of sp³-hybridized carbons (Fsp3) is 0. The molecule has 0 unspecified atom stereocenters. The zero-order valence-corrected chi connectivity index (χ0v) is 17.8. The van der Waals surface area contributed by atoms with Crippen molar-refractivity contribution in [3.8, 4) is 0 Å². The van der Waals surface area contributed by atoms with E-state index in [1.54, 1.807) is 6.07 Å². The molecule has 1 aromatic heterocycles. The number of hydrogen-bond donors (Lipinski definition) is 0. The van der Waals surface area contributed by atoms with Crippen LogP contribution in [0.15, 0.2) is 109 Å². The topological polar surface area (TPSA) is 12.9 Å². The SMILES string of the molecule is Fc1cc2nc([P+](c3ccccc3)(c3ccccc3)c3ccccc3)ccc2c(F)c1F. The average Bonchev–Trinajstić information content (AvgIpc) is 2.85. The Morgan fingerprint density at radius 1 is 0.531 bits per heavy atom. The molecule has 1 nitrogen and oxygen atoms in total. The Labute approximate surface area is 184 Å². The zero-order chi connectivity index (χ0) is 22.1. The van der Waals surface area contributed by atoms with Crippen LogP contribution in [0.5, 0.6) is 0 Å². The lowest BCUT2D eigenvalue weighted by Crippen LogP contribution is -2.39. The van der Waals surface area contributed by atoms with Gasteiger partial charge in [-0.1, -0.05) is 54.6 Å². The molecule has 0 amide bonds. The van der Waals surface area contributed by atoms with Crippen LogP contribution in [0.4, 0.5) is 13.2 Å². The van der Waals surface area contributed by atoms with Gasteiger partial charge in [0.2, 0.25) is 0 Å². The van der Waals surface area contributed by atoms with E-state index in [2.05, 4.69) is 36.4 Å². The maximum Gasteiger partial charge on any atom is 0.198 e. The van der Waals surface area contributed by atoms with Gasteiger partial charge >= 0.3 is 0 Å². The number of hydrogen-bond acceptors (Lipinski definition) is 1. The molecular formula is C27H18F3NP+. The van der Waals surface area contributed by atoms with E-state index in [0.29, 0.717) is 5.44 Å². The molecule has 0 bridgehead atoms. The second kappa shape index (κ2) is 8.22. The highest BCUT2D eigenvalue weighted by Gasteiger charge is 2.49. The highest BCUT2D eigenvalue weighted by atomic mass is 31.2. The summed E-state index contributed by atoms with van der Waals surface area (Å²) in [6, 6.07) is 34.3. The fourth-order valence-electron chi connectivity index (χ4n) is 4.15. The number of rotatable bonds is 4. The second-order valence-corrected chi connectivity index (χ2v) is 10.7. The van der Waals surface area contributed by atoms with Crippen molar-refractivity contribution in [2.24, 2.45) is 0 Å². The smallest absolute Gasteiger partial charge is 0.198 e. The summed E-state index contributed by atoms with van der Waals surface area (Å²) in [5, 5.41) is 3.15. The molecule has 5 heteroatoms. The molecule has 5 rings (SSSR count). The van der Waals surface area contributed by atoms with Crippen LogP contribution >= 0.6 is 7.26 Å². The van der Waals surface area contributed by atoms with E-state index >= 15 is 0 Å². The third kappa shape index (κ3) is 3.19. The molecule has 5 aromatic rings. The maximum atomic E-state index is 14.4. The lowest BCUT2D eigenvalue weighted by atomic mass is 10.2. The van der Waals surface area contributed by atoms with Gasteiger partial charge in [-0.2, -0.15) is 0 Å². The molecule has 1 heterocycles. The van der Waals surface area contributed by atoms with Gasteiger partial charge < -0.3 is 0 Å². The van der Waals surface area contributed by atoms with Gasteiger partial charge in [0.05, 0.1) is 5.52 Å². The van der Waals surface area contributed by atoms with Gasteiger partial charge in [-0.3, -0.25) is 0 Å². The first-order valence-corrected chi connectivity index (χ1v) is 11.9. The Morgan fingerprint density at radius 2 is 1.00 bits per heavy atom. The second-order valence-electron chi connectivity index (χ2n) is 7.40. The molecule has 0 saturated heterocycles. The van der Waals surface area contributed by atoms with Crippen molar-refractivity contribution in [3.63, 3.8) is 0 Å². The summed E-state index contributed by atoms with van der Waals surface area (Å²) < 4.78 is 42.3. The average molecular weight is 444 g/mol. The lowest BCUT2D eigenvalue weighted by molar-refractivity contribution is 0.453. The van der Waals surface area contributed by atoms with Gasteiger partial charge in [0.1, 0.15) is 15.9 Å². The molecule has 32 heavy (non-hydrogen) atoms. The van der Waals surface area contributed by atoms with Gasteiger partial charge in [0.15, 0.2) is 30.1 Å². The quantitative estimate of drug-likeness (QED) is 0.272. The van der Waals surface area contributed by atoms with Crippen LogP contribution in [0.3, 0.4) is 0 Å². The maximum absolute atomic E-state index is 14.4. The number of pyridine rings is 1. The van der Waals surface area contributed by atoms with E-state index < -0.39 is 24.7 Å². The molecule has 0 radical (unpaired) electrons. The number of fused-ring (bicyclic) bond motifs is 1. The zero-order valence-electron chi connectivity index (χ0n) is 16.9. The van der Waals surface area contributed by atoms with E-state index in [-0.39, 0.29) is 10.9 Å². The van der Waals surface area contributed by atoms with Crippen LogP contribution in [-0.2, 0) is 0 Å². The predicted molar refractivity (Wildman–Crippen MR) is 126 cm³/mol. The Bertz CT molecular complexity index is 1290. The molecule has 0 saturated carbocycles. The van der Waals surface area contributed by atoms with Crippen molar-refractivity contribution < 1.29 is 13.2 Å². The van der Waals surface area contributed by atoms with Gasteiger partial charge in [-0.05, 0) is 42.5 Å². The van der Waals surface area contributed by atoms with Gasteiger partial charge in [0, 0.05) is 17.5 Å². The largest absolute Gasteiger partial charge is 0.212 e. The summed E-state index contributed by atoms with van der Waals surface area (Å²) in [6.07, 6.45) is 0. The molecule has 0 aliphatic rings. The summed E-state index contributed by atoms with van der Waals surface area (Å²) in [6.45, 7) is 0. The first-order valence-electron chi connectivity index (χ1n) is 10.1. The summed E-state index contributed by atoms with van der Waals surface area (Å²) in [5.74, 6) is -3.95. The predicted octanol–water partition coefficient (Wildman–Crippen LogP) is 5.27. The lowest BCUT2D eigenvalue weighted by Gasteiger charge is -2.26. The first-order chi connectivity index (χ1) is 15.6. The van der Waals surface area contributed by atoms with Crippen molar-refractivity contribution in [2.75, 3.05) is 0 Å². The highest BCUT2D eigenvalue weighted by Crippen LogP contribution is 2.53. The van der Waals surface area contributed by atoms with Crippen LogP contribution in [0, 0.1) is 17.5 Å². The Balaban J connectivity index is 1.92. The first kappa shape index (κ1) is 20.4. The molecular weight excluding hydrogens is 426 g/mol. The summed E-state index contributed by atoms with van der Waals surface area (Å²) in [5.41, 5.74) is 0.782. The minimum absolute atomic E-state index is 0.0417. The molecule has 0 fully saturated rings. The molecule has 0 aliphatic heterocycles. The van der Waals surface area contributed by atoms with Crippen LogP contribution < -0.4 is 21.3 Å². The van der Waals surface area contributed by atoms with Gasteiger partial charge in [-0.25, -0.2) is 18.2 Å². The van der Waals surface area contributed by atoms with Crippen molar-refractivity contribution in [3.05, 3.63) is 127 Å². The van der Waals surface area contributed by atoms with Crippen LogP contribution in [0.25, 0.3) is 10.9 Å². The van der Waals surface area contributed by atoms with Crippen molar-refractivity contribution >= 4 is 39.5 Å². The molecule has 156 valence electrons. The van der Waals surface area contributed by atoms with Crippen molar-refractivity contribution in [1.82, 2.24) is 4.98 Å². The van der Waals surface area contributed by atoms with Crippen molar-refractivity contribution in [2.45, 2.75) is 0 Å². The van der Waals surface area contributed by atoms with Crippen molar-refractivity contribution in [1.29, 1.82) is 0 Å². The van der Waals surface area contributed by atoms with Crippen LogP contribution in [-0.4, -0.2) is 4.98 Å². The summed E-state index contributed by atoms with van der Waals surface area (Å²) in [7, 11) is -2.50. The fourth-order valence-corrected chi connectivity index (χ4v) is 8.25.